The zero-order chi connectivity index (χ0) is 31.7. The second kappa shape index (κ2) is 15.4. The minimum absolute atomic E-state index is 0.0284. The molecule has 2 heterocycles. The summed E-state index contributed by atoms with van der Waals surface area (Å²) < 4.78 is 0. The third-order valence-corrected chi connectivity index (χ3v) is 10.8. The average Bonchev–Trinajstić information content (AvgIpc) is 3.02. The van der Waals surface area contributed by atoms with E-state index in [1.165, 1.54) is 5.56 Å². The molecule has 4 atom stereocenters. The van der Waals surface area contributed by atoms with Crippen molar-refractivity contribution in [3.05, 3.63) is 58.9 Å². The lowest BCUT2D eigenvalue weighted by Crippen LogP contribution is -2.43. The van der Waals surface area contributed by atoms with Gasteiger partial charge in [0.05, 0.1) is 17.4 Å². The number of nitrogens with one attached hydrogen (secondary N) is 2. The SMILES string of the molecule is CCCC(C)[C@]1(c2ccccc2)CCC/C(CC2(O)CCC2)=C(/C)C(=O)N(CCC(=N)NC2N=CC=C(O)C2CC)CCC1. The number of carbonyl (C=O) groups excluding carboxylic acids is 1. The number of aliphatic hydroxyl groups is 2. The van der Waals surface area contributed by atoms with E-state index in [1.54, 1.807) is 12.3 Å². The van der Waals surface area contributed by atoms with E-state index in [0.29, 0.717) is 44.1 Å². The van der Waals surface area contributed by atoms with Crippen molar-refractivity contribution in [3.63, 3.8) is 0 Å². The zero-order valence-corrected chi connectivity index (χ0v) is 27.6. The van der Waals surface area contributed by atoms with E-state index in [4.69, 9.17) is 5.41 Å². The molecule has 2 aliphatic heterocycles. The topological polar surface area (TPSA) is 109 Å². The Hall–Kier alpha value is -2.93. The lowest BCUT2D eigenvalue weighted by atomic mass is 9.63. The first kappa shape index (κ1) is 34.0. The maximum atomic E-state index is 14.1. The van der Waals surface area contributed by atoms with Gasteiger partial charge in [0.15, 0.2) is 0 Å². The second-order valence-corrected chi connectivity index (χ2v) is 13.7. The van der Waals surface area contributed by atoms with Crippen LogP contribution in [0.2, 0.25) is 0 Å². The molecule has 0 saturated heterocycles. The summed E-state index contributed by atoms with van der Waals surface area (Å²) in [7, 11) is 0. The monoisotopic (exact) mass is 604 g/mol. The predicted molar refractivity (Wildman–Crippen MR) is 180 cm³/mol. The number of rotatable bonds is 11. The molecule has 7 heteroatoms. The molecule has 0 aromatic heterocycles. The van der Waals surface area contributed by atoms with Gasteiger partial charge >= 0.3 is 0 Å². The summed E-state index contributed by atoms with van der Waals surface area (Å²) in [5, 5.41) is 33.4. The van der Waals surface area contributed by atoms with Gasteiger partial charge in [-0.2, -0.15) is 0 Å². The molecule has 0 radical (unpaired) electrons. The summed E-state index contributed by atoms with van der Waals surface area (Å²) in [6.45, 7) is 9.72. The number of amides is 1. The van der Waals surface area contributed by atoms with Gasteiger partial charge in [-0.25, -0.2) is 0 Å². The van der Waals surface area contributed by atoms with E-state index in [0.717, 1.165) is 75.4 Å². The Balaban J connectivity index is 1.58. The number of amidine groups is 1. The molecular weight excluding hydrogens is 548 g/mol. The highest BCUT2D eigenvalue weighted by molar-refractivity contribution is 5.94. The van der Waals surface area contributed by atoms with Crippen LogP contribution in [0.25, 0.3) is 0 Å². The number of carbonyl (C=O) groups is 1. The number of hydrogen-bond acceptors (Lipinski definition) is 5. The molecule has 1 aromatic rings. The summed E-state index contributed by atoms with van der Waals surface area (Å²) >= 11 is 0. The van der Waals surface area contributed by atoms with Crippen LogP contribution in [0, 0.1) is 17.2 Å². The molecule has 4 rings (SSSR count). The Labute approximate surface area is 265 Å². The van der Waals surface area contributed by atoms with Gasteiger partial charge < -0.3 is 20.4 Å². The molecule has 1 aromatic carbocycles. The van der Waals surface area contributed by atoms with Crippen molar-refractivity contribution in [2.24, 2.45) is 16.8 Å². The van der Waals surface area contributed by atoms with Gasteiger partial charge in [0.25, 0.3) is 0 Å². The van der Waals surface area contributed by atoms with Gasteiger partial charge in [-0.05, 0) is 94.1 Å². The van der Waals surface area contributed by atoms with Gasteiger partial charge in [0.2, 0.25) is 5.91 Å². The first-order valence-electron chi connectivity index (χ1n) is 17.1. The highest BCUT2D eigenvalue weighted by atomic mass is 16.3. The molecule has 1 aliphatic carbocycles. The van der Waals surface area contributed by atoms with Crippen LogP contribution < -0.4 is 5.32 Å². The lowest BCUT2D eigenvalue weighted by Gasteiger charge is -2.41. The Morgan fingerprint density at radius 2 is 1.86 bits per heavy atom. The second-order valence-electron chi connectivity index (χ2n) is 13.7. The van der Waals surface area contributed by atoms with E-state index in [2.05, 4.69) is 54.5 Å². The number of dihydropyridines is 1. The Morgan fingerprint density at radius 3 is 2.52 bits per heavy atom. The fraction of sp³-hybridized carbons (Fsp3) is 0.649. The standard InChI is InChI=1S/C37H56N4O3/c1-5-13-27(3)37(30-15-8-7-9-16-30)21-10-14-29(26-36(44)19-11-20-36)28(4)35(43)41(24-12-22-37)25-18-33(38)40-34-31(6-2)32(42)17-23-39-34/h7-9,15-17,23,27,31,34,42,44H,5-6,10-14,18-22,24-26H2,1-4H3,(H2,38,40)/b29-28+/t27?,31?,34?,37-/m0/s1. The van der Waals surface area contributed by atoms with Crippen molar-refractivity contribution in [1.29, 1.82) is 5.41 Å². The number of hydrogen-bond donors (Lipinski definition) is 4. The van der Waals surface area contributed by atoms with Crippen LogP contribution in [0.15, 0.2) is 58.3 Å². The molecule has 1 fully saturated rings. The number of aliphatic hydroxyl groups excluding tert-OH is 1. The van der Waals surface area contributed by atoms with Gasteiger partial charge in [0, 0.05) is 31.3 Å². The maximum Gasteiger partial charge on any atom is 0.249 e. The maximum absolute atomic E-state index is 14.1. The molecule has 3 unspecified atom stereocenters. The molecule has 0 spiro atoms. The van der Waals surface area contributed by atoms with Gasteiger partial charge in [-0.15, -0.1) is 0 Å². The van der Waals surface area contributed by atoms with Crippen molar-refractivity contribution < 1.29 is 15.0 Å². The molecular formula is C37H56N4O3. The number of allylic oxidation sites excluding steroid dienone is 1. The first-order chi connectivity index (χ1) is 21.1. The number of nitrogens with zero attached hydrogens (tertiary/aromatic N) is 2. The van der Waals surface area contributed by atoms with E-state index >= 15 is 0 Å². The van der Waals surface area contributed by atoms with Gasteiger partial charge in [-0.3, -0.25) is 15.2 Å². The van der Waals surface area contributed by atoms with Crippen molar-refractivity contribution in [3.8, 4) is 0 Å². The van der Waals surface area contributed by atoms with Crippen LogP contribution in [0.3, 0.4) is 0 Å². The summed E-state index contributed by atoms with van der Waals surface area (Å²) in [4.78, 5) is 20.5. The highest BCUT2D eigenvalue weighted by Crippen LogP contribution is 2.45. The third-order valence-electron chi connectivity index (χ3n) is 10.8. The lowest BCUT2D eigenvalue weighted by molar-refractivity contribution is -0.127. The largest absolute Gasteiger partial charge is 0.512 e. The average molecular weight is 605 g/mol. The van der Waals surface area contributed by atoms with Crippen molar-refractivity contribution in [2.75, 3.05) is 13.1 Å². The molecule has 44 heavy (non-hydrogen) atoms. The Kier molecular flexibility index (Phi) is 11.9. The van der Waals surface area contributed by atoms with Crippen LogP contribution in [-0.2, 0) is 10.2 Å². The zero-order valence-electron chi connectivity index (χ0n) is 27.6. The van der Waals surface area contributed by atoms with Crippen molar-refractivity contribution >= 4 is 18.0 Å². The molecule has 7 nitrogen and oxygen atoms in total. The van der Waals surface area contributed by atoms with Crippen molar-refractivity contribution in [2.45, 2.75) is 128 Å². The first-order valence-corrected chi connectivity index (χ1v) is 17.1. The van der Waals surface area contributed by atoms with E-state index in [-0.39, 0.29) is 29.2 Å². The fourth-order valence-corrected chi connectivity index (χ4v) is 7.81. The third kappa shape index (κ3) is 8.01. The van der Waals surface area contributed by atoms with Crippen LogP contribution >= 0.6 is 0 Å². The van der Waals surface area contributed by atoms with Crippen LogP contribution in [0.4, 0.5) is 0 Å². The molecule has 242 valence electrons. The van der Waals surface area contributed by atoms with Crippen molar-refractivity contribution in [1.82, 2.24) is 10.2 Å². The fourth-order valence-electron chi connectivity index (χ4n) is 7.81. The van der Waals surface area contributed by atoms with Gasteiger partial charge in [0.1, 0.15) is 11.9 Å². The number of benzene rings is 1. The van der Waals surface area contributed by atoms with Crippen LogP contribution in [0.5, 0.6) is 0 Å². The highest BCUT2D eigenvalue weighted by Gasteiger charge is 2.39. The molecule has 1 saturated carbocycles. The number of aliphatic imine (C=N–C) groups is 1. The summed E-state index contributed by atoms with van der Waals surface area (Å²) in [5.41, 5.74) is 2.63. The summed E-state index contributed by atoms with van der Waals surface area (Å²) in [6.07, 6.45) is 14.3. The van der Waals surface area contributed by atoms with Crippen LogP contribution in [-0.4, -0.2) is 57.9 Å². The molecule has 4 N–H and O–H groups in total. The summed E-state index contributed by atoms with van der Waals surface area (Å²) in [5.74, 6) is 0.988. The Morgan fingerprint density at radius 1 is 1.14 bits per heavy atom. The summed E-state index contributed by atoms with van der Waals surface area (Å²) in [6, 6.07) is 11.0. The smallest absolute Gasteiger partial charge is 0.249 e. The van der Waals surface area contributed by atoms with E-state index in [1.807, 2.05) is 18.7 Å². The van der Waals surface area contributed by atoms with Gasteiger partial charge in [-0.1, -0.05) is 69.5 Å². The minimum Gasteiger partial charge on any atom is -0.512 e. The molecule has 3 aliphatic rings. The molecule has 1 amide bonds. The normalized spacial score (nSPS) is 28.4. The quantitative estimate of drug-likeness (QED) is 0.154. The minimum atomic E-state index is -0.684. The predicted octanol–water partition coefficient (Wildman–Crippen LogP) is 7.61. The van der Waals surface area contributed by atoms with E-state index in [9.17, 15) is 15.0 Å². The van der Waals surface area contributed by atoms with Crippen LogP contribution in [0.1, 0.15) is 117 Å². The van der Waals surface area contributed by atoms with E-state index < -0.39 is 5.60 Å². The molecule has 0 bridgehead atoms. The Bertz CT molecular complexity index is 1220.